The Kier molecular flexibility index (Phi) is 5.20. The molecule has 4 rings (SSSR count). The zero-order valence-corrected chi connectivity index (χ0v) is 16.4. The predicted molar refractivity (Wildman–Crippen MR) is 110 cm³/mol. The summed E-state index contributed by atoms with van der Waals surface area (Å²) in [5.74, 6) is 1.24. The molecular formula is C22H23N3O4. The maximum Gasteiger partial charge on any atom is 0.274 e. The zero-order valence-electron chi connectivity index (χ0n) is 16.4. The van der Waals surface area contributed by atoms with Gasteiger partial charge >= 0.3 is 0 Å². The van der Waals surface area contributed by atoms with E-state index in [1.54, 1.807) is 24.3 Å². The molecular weight excluding hydrogens is 370 g/mol. The molecule has 2 heterocycles. The monoisotopic (exact) mass is 393 g/mol. The second kappa shape index (κ2) is 7.95. The molecule has 1 amide bonds. The first-order chi connectivity index (χ1) is 14.0. The fourth-order valence-electron chi connectivity index (χ4n) is 3.33. The van der Waals surface area contributed by atoms with E-state index in [0.717, 1.165) is 0 Å². The molecule has 1 aliphatic heterocycles. The number of amides is 1. The first-order valence-electron chi connectivity index (χ1n) is 9.69. The summed E-state index contributed by atoms with van der Waals surface area (Å²) in [4.78, 5) is 25.6. The van der Waals surface area contributed by atoms with Gasteiger partial charge in [0, 0.05) is 11.9 Å². The Morgan fingerprint density at radius 3 is 2.59 bits per heavy atom. The smallest absolute Gasteiger partial charge is 0.274 e. The van der Waals surface area contributed by atoms with Crippen molar-refractivity contribution in [1.29, 1.82) is 0 Å². The highest BCUT2D eigenvalue weighted by molar-refractivity contribution is 6.04. The van der Waals surface area contributed by atoms with Gasteiger partial charge in [0.1, 0.15) is 12.7 Å². The number of nitrogens with zero attached hydrogens (tertiary/aromatic N) is 2. The minimum atomic E-state index is -0.346. The molecule has 1 aliphatic rings. The van der Waals surface area contributed by atoms with E-state index in [-0.39, 0.29) is 35.7 Å². The summed E-state index contributed by atoms with van der Waals surface area (Å²) in [5.41, 5.74) is 0.0458. The van der Waals surface area contributed by atoms with Crippen LogP contribution in [0.25, 0.3) is 10.8 Å². The maximum absolute atomic E-state index is 12.9. The van der Waals surface area contributed by atoms with E-state index in [0.29, 0.717) is 35.4 Å². The van der Waals surface area contributed by atoms with Gasteiger partial charge in [0.15, 0.2) is 17.2 Å². The van der Waals surface area contributed by atoms with Crippen LogP contribution in [0.4, 0.5) is 0 Å². The number of hydrogen-bond donors (Lipinski definition) is 1. The summed E-state index contributed by atoms with van der Waals surface area (Å²) < 4.78 is 12.9. The van der Waals surface area contributed by atoms with Gasteiger partial charge in [-0.15, -0.1) is 0 Å². The normalized spacial score (nSPS) is 15.5. The molecule has 1 aromatic heterocycles. The second-order valence-corrected chi connectivity index (χ2v) is 7.48. The third-order valence-electron chi connectivity index (χ3n) is 4.68. The van der Waals surface area contributed by atoms with Crippen LogP contribution in [0.2, 0.25) is 0 Å². The summed E-state index contributed by atoms with van der Waals surface area (Å²) in [6.07, 6.45) is -0.304. The molecule has 0 saturated carbocycles. The Morgan fingerprint density at radius 1 is 1.14 bits per heavy atom. The number of benzene rings is 2. The van der Waals surface area contributed by atoms with Gasteiger partial charge in [-0.2, -0.15) is 5.10 Å². The summed E-state index contributed by atoms with van der Waals surface area (Å²) in [6.45, 7) is 5.06. The van der Waals surface area contributed by atoms with Crippen molar-refractivity contribution < 1.29 is 14.3 Å². The van der Waals surface area contributed by atoms with E-state index < -0.39 is 0 Å². The number of hydrogen-bond acceptors (Lipinski definition) is 5. The van der Waals surface area contributed by atoms with Crippen molar-refractivity contribution in [1.82, 2.24) is 15.1 Å². The van der Waals surface area contributed by atoms with Crippen LogP contribution in [0, 0.1) is 5.92 Å². The fraction of sp³-hybridized carbons (Fsp3) is 0.318. The van der Waals surface area contributed by atoms with E-state index in [4.69, 9.17) is 9.47 Å². The lowest BCUT2D eigenvalue weighted by molar-refractivity contribution is 0.0786. The van der Waals surface area contributed by atoms with Crippen LogP contribution in [0.15, 0.2) is 53.3 Å². The fourth-order valence-corrected chi connectivity index (χ4v) is 3.33. The van der Waals surface area contributed by atoms with Gasteiger partial charge in [-0.3, -0.25) is 9.59 Å². The van der Waals surface area contributed by atoms with Crippen LogP contribution in [0.5, 0.6) is 11.5 Å². The number of fused-ring (bicyclic) bond motifs is 2. The summed E-state index contributed by atoms with van der Waals surface area (Å²) in [7, 11) is 0. The highest BCUT2D eigenvalue weighted by Gasteiger charge is 2.23. The van der Waals surface area contributed by atoms with Gasteiger partial charge in [-0.1, -0.05) is 44.2 Å². The van der Waals surface area contributed by atoms with E-state index in [9.17, 15) is 9.59 Å². The quantitative estimate of drug-likeness (QED) is 0.721. The Balaban J connectivity index is 1.55. The van der Waals surface area contributed by atoms with Gasteiger partial charge < -0.3 is 14.8 Å². The average Bonchev–Trinajstić information content (AvgIpc) is 2.73. The topological polar surface area (TPSA) is 82.5 Å². The predicted octanol–water partition coefficient (Wildman–Crippen LogP) is 2.62. The van der Waals surface area contributed by atoms with E-state index >= 15 is 0 Å². The molecule has 0 radical (unpaired) electrons. The van der Waals surface area contributed by atoms with Crippen molar-refractivity contribution in [3.63, 3.8) is 0 Å². The maximum atomic E-state index is 12.9. The number of carbonyl (C=O) groups is 1. The van der Waals surface area contributed by atoms with Crippen molar-refractivity contribution in [2.45, 2.75) is 26.5 Å². The molecule has 1 atom stereocenters. The third kappa shape index (κ3) is 3.94. The first-order valence-corrected chi connectivity index (χ1v) is 9.69. The molecule has 0 fully saturated rings. The van der Waals surface area contributed by atoms with Crippen molar-refractivity contribution in [3.8, 4) is 11.5 Å². The van der Waals surface area contributed by atoms with Crippen molar-refractivity contribution in [2.24, 2.45) is 5.92 Å². The van der Waals surface area contributed by atoms with Crippen molar-refractivity contribution in [2.75, 3.05) is 13.2 Å². The van der Waals surface area contributed by atoms with Gasteiger partial charge in [-0.05, 0) is 24.1 Å². The summed E-state index contributed by atoms with van der Waals surface area (Å²) >= 11 is 0. The molecule has 0 bridgehead atoms. The molecule has 0 spiro atoms. The highest BCUT2D eigenvalue weighted by Crippen LogP contribution is 2.30. The van der Waals surface area contributed by atoms with Gasteiger partial charge in [-0.25, -0.2) is 4.68 Å². The SMILES string of the molecule is CC(C)Cn1nc(C(=O)NC[C@H]2COc3ccccc3O2)c2ccccc2c1=O. The molecule has 0 saturated heterocycles. The Morgan fingerprint density at radius 2 is 1.83 bits per heavy atom. The number of carbonyl (C=O) groups excluding carboxylic acids is 1. The van der Waals surface area contributed by atoms with E-state index in [1.165, 1.54) is 4.68 Å². The van der Waals surface area contributed by atoms with Gasteiger partial charge in [0.2, 0.25) is 0 Å². The van der Waals surface area contributed by atoms with Crippen molar-refractivity contribution >= 4 is 16.7 Å². The second-order valence-electron chi connectivity index (χ2n) is 7.48. The third-order valence-corrected chi connectivity index (χ3v) is 4.68. The molecule has 29 heavy (non-hydrogen) atoms. The average molecular weight is 393 g/mol. The Bertz CT molecular complexity index is 1110. The standard InChI is InChI=1S/C22H23N3O4/c1-14(2)12-25-22(27)17-8-4-3-7-16(17)20(24-25)21(26)23-11-15-13-28-18-9-5-6-10-19(18)29-15/h3-10,14-15H,11-13H2,1-2H3,(H,23,26)/t15-/m0/s1. The first kappa shape index (κ1) is 19.0. The molecule has 7 nitrogen and oxygen atoms in total. The minimum absolute atomic E-state index is 0.188. The molecule has 0 aliphatic carbocycles. The van der Waals surface area contributed by atoms with Crippen LogP contribution in [-0.2, 0) is 6.54 Å². The van der Waals surface area contributed by atoms with Crippen LogP contribution >= 0.6 is 0 Å². The number of rotatable bonds is 5. The Hall–Kier alpha value is -3.35. The Labute approximate surface area is 168 Å². The number of nitrogens with one attached hydrogen (secondary N) is 1. The van der Waals surface area contributed by atoms with Crippen LogP contribution in [-0.4, -0.2) is 34.9 Å². The lowest BCUT2D eigenvalue weighted by Crippen LogP contribution is -2.41. The van der Waals surface area contributed by atoms with Gasteiger partial charge in [0.05, 0.1) is 11.9 Å². The number of aromatic nitrogens is 2. The highest BCUT2D eigenvalue weighted by atomic mass is 16.6. The van der Waals surface area contributed by atoms with E-state index in [2.05, 4.69) is 10.4 Å². The summed E-state index contributed by atoms with van der Waals surface area (Å²) in [5, 5.41) is 8.26. The number of para-hydroxylation sites is 2. The van der Waals surface area contributed by atoms with Crippen LogP contribution in [0.3, 0.4) is 0 Å². The molecule has 0 unspecified atom stereocenters. The molecule has 2 aromatic carbocycles. The largest absolute Gasteiger partial charge is 0.486 e. The van der Waals surface area contributed by atoms with Crippen molar-refractivity contribution in [3.05, 3.63) is 64.6 Å². The lowest BCUT2D eigenvalue weighted by Gasteiger charge is -2.26. The molecule has 150 valence electrons. The molecule has 3 aromatic rings. The molecule has 1 N–H and O–H groups in total. The van der Waals surface area contributed by atoms with E-state index in [1.807, 2.05) is 38.1 Å². The lowest BCUT2D eigenvalue weighted by atomic mass is 10.1. The number of ether oxygens (including phenoxy) is 2. The zero-order chi connectivity index (χ0) is 20.4. The van der Waals surface area contributed by atoms with Gasteiger partial charge in [0.25, 0.3) is 11.5 Å². The molecule has 7 heteroatoms. The van der Waals surface area contributed by atoms with Crippen LogP contribution < -0.4 is 20.3 Å². The minimum Gasteiger partial charge on any atom is -0.486 e. The van der Waals surface area contributed by atoms with Crippen LogP contribution in [0.1, 0.15) is 24.3 Å². The summed E-state index contributed by atoms with van der Waals surface area (Å²) in [6, 6.07) is 14.5.